The molecule has 2 aromatic heterocycles. The van der Waals surface area contributed by atoms with E-state index in [0.29, 0.717) is 25.2 Å². The molecule has 7 rings (SSSR count). The Hall–Kier alpha value is -3.85. The predicted octanol–water partition coefficient (Wildman–Crippen LogP) is 3.98. The second kappa shape index (κ2) is 9.72. The number of ether oxygens (including phenoxy) is 1. The molecule has 1 saturated heterocycles. The molecule has 5 heterocycles. The molecule has 0 unspecified atom stereocenters. The van der Waals surface area contributed by atoms with Crippen molar-refractivity contribution in [3.05, 3.63) is 65.9 Å². The monoisotopic (exact) mass is 525 g/mol. The van der Waals surface area contributed by atoms with Crippen LogP contribution in [0.4, 0.5) is 11.5 Å². The van der Waals surface area contributed by atoms with Crippen molar-refractivity contribution < 1.29 is 9.84 Å². The third-order valence-corrected chi connectivity index (χ3v) is 8.66. The lowest BCUT2D eigenvalue weighted by Crippen LogP contribution is -2.43. The Morgan fingerprint density at radius 3 is 2.87 bits per heavy atom. The Bertz CT molecular complexity index is 1520. The van der Waals surface area contributed by atoms with E-state index in [1.807, 2.05) is 36.8 Å². The fourth-order valence-corrected chi connectivity index (χ4v) is 6.43. The zero-order chi connectivity index (χ0) is 26.5. The highest BCUT2D eigenvalue weighted by Crippen LogP contribution is 2.37. The first-order valence-electron chi connectivity index (χ1n) is 14.0. The standard InChI is InChI=1S/C30H35N7O2/c1-20-15-36-19-31-14-23(36)16-37(20)29-26-9-11-35(28-13-24(38)12-21-6-3-4-8-25(21)28)17-27(26)32-30(33-29)39-18-22-7-5-10-34(22)2/h3-4,6,8,12-14,19-20,22,38H,5,7,9-11,15-18H2,1-2H3/t20-,22+/m1/s1. The Morgan fingerprint density at radius 1 is 1.10 bits per heavy atom. The Balaban J connectivity index is 1.26. The van der Waals surface area contributed by atoms with Crippen molar-refractivity contribution in [3.63, 3.8) is 0 Å². The molecule has 202 valence electrons. The van der Waals surface area contributed by atoms with Crippen LogP contribution in [0.2, 0.25) is 0 Å². The van der Waals surface area contributed by atoms with Gasteiger partial charge in [-0.15, -0.1) is 0 Å². The van der Waals surface area contributed by atoms with Gasteiger partial charge in [0.15, 0.2) is 0 Å². The maximum Gasteiger partial charge on any atom is 0.318 e. The fourth-order valence-electron chi connectivity index (χ4n) is 6.43. The minimum absolute atomic E-state index is 0.271. The molecule has 0 saturated carbocycles. The van der Waals surface area contributed by atoms with Crippen molar-refractivity contribution in [1.82, 2.24) is 24.4 Å². The number of nitrogens with zero attached hydrogens (tertiary/aromatic N) is 7. The molecule has 3 aliphatic heterocycles. The molecule has 0 radical (unpaired) electrons. The van der Waals surface area contributed by atoms with Gasteiger partial charge in [0.25, 0.3) is 0 Å². The summed E-state index contributed by atoms with van der Waals surface area (Å²) in [5.74, 6) is 1.26. The summed E-state index contributed by atoms with van der Waals surface area (Å²) in [7, 11) is 2.16. The van der Waals surface area contributed by atoms with Gasteiger partial charge < -0.3 is 29.1 Å². The van der Waals surface area contributed by atoms with E-state index in [-0.39, 0.29) is 11.8 Å². The molecule has 0 bridgehead atoms. The SMILES string of the molecule is C[C@@H]1Cn2cncc2CN1c1nc(OC[C@@H]2CCCN2C)nc2c1CCN(c1cc(O)cc3ccccc13)C2. The van der Waals surface area contributed by atoms with Gasteiger partial charge in [-0.1, -0.05) is 24.3 Å². The molecule has 0 aliphatic carbocycles. The van der Waals surface area contributed by atoms with Gasteiger partial charge >= 0.3 is 6.01 Å². The summed E-state index contributed by atoms with van der Waals surface area (Å²) in [5.41, 5.74) is 4.42. The topological polar surface area (TPSA) is 82.8 Å². The smallest absolute Gasteiger partial charge is 0.318 e. The summed E-state index contributed by atoms with van der Waals surface area (Å²) in [6.45, 7) is 7.05. The van der Waals surface area contributed by atoms with E-state index >= 15 is 0 Å². The van der Waals surface area contributed by atoms with Crippen LogP contribution in [0.1, 0.15) is 36.7 Å². The van der Waals surface area contributed by atoms with Crippen molar-refractivity contribution >= 4 is 22.3 Å². The van der Waals surface area contributed by atoms with Gasteiger partial charge in [0.2, 0.25) is 0 Å². The van der Waals surface area contributed by atoms with E-state index < -0.39 is 0 Å². The number of benzene rings is 2. The summed E-state index contributed by atoms with van der Waals surface area (Å²) in [6, 6.07) is 13.0. The summed E-state index contributed by atoms with van der Waals surface area (Å²) in [5, 5.41) is 12.7. The molecule has 2 atom stereocenters. The van der Waals surface area contributed by atoms with E-state index in [9.17, 15) is 5.11 Å². The third-order valence-electron chi connectivity index (χ3n) is 8.66. The number of likely N-dealkylation sites (tertiary alicyclic amines) is 1. The van der Waals surface area contributed by atoms with Gasteiger partial charge in [0, 0.05) is 54.1 Å². The van der Waals surface area contributed by atoms with Crippen LogP contribution in [0.5, 0.6) is 11.8 Å². The summed E-state index contributed by atoms with van der Waals surface area (Å²) in [4.78, 5) is 21.5. The van der Waals surface area contributed by atoms with Crippen LogP contribution in [-0.2, 0) is 26.1 Å². The van der Waals surface area contributed by atoms with Crippen LogP contribution in [0.3, 0.4) is 0 Å². The first-order valence-corrected chi connectivity index (χ1v) is 14.0. The highest BCUT2D eigenvalue weighted by Gasteiger charge is 2.31. The largest absolute Gasteiger partial charge is 0.508 e. The van der Waals surface area contributed by atoms with Crippen LogP contribution < -0.4 is 14.5 Å². The lowest BCUT2D eigenvalue weighted by molar-refractivity contribution is 0.187. The quantitative estimate of drug-likeness (QED) is 0.419. The molecule has 39 heavy (non-hydrogen) atoms. The first-order chi connectivity index (χ1) is 19.0. The number of anilines is 2. The highest BCUT2D eigenvalue weighted by atomic mass is 16.5. The summed E-state index contributed by atoms with van der Waals surface area (Å²) >= 11 is 0. The van der Waals surface area contributed by atoms with E-state index in [1.165, 1.54) is 17.7 Å². The maximum atomic E-state index is 10.5. The molecule has 3 aliphatic rings. The Kier molecular flexibility index (Phi) is 6.03. The molecule has 0 spiro atoms. The van der Waals surface area contributed by atoms with Gasteiger partial charge in [0.1, 0.15) is 18.2 Å². The Labute approximate surface area is 228 Å². The third kappa shape index (κ3) is 4.44. The lowest BCUT2D eigenvalue weighted by atomic mass is 10.0. The van der Waals surface area contributed by atoms with E-state index in [1.54, 1.807) is 0 Å². The van der Waals surface area contributed by atoms with Crippen molar-refractivity contribution in [2.24, 2.45) is 0 Å². The van der Waals surface area contributed by atoms with Crippen LogP contribution in [0.25, 0.3) is 10.8 Å². The number of fused-ring (bicyclic) bond motifs is 3. The van der Waals surface area contributed by atoms with Crippen molar-refractivity contribution in [2.45, 2.75) is 57.9 Å². The number of likely N-dealkylation sites (N-methyl/N-ethyl adjacent to an activating group) is 1. The minimum Gasteiger partial charge on any atom is -0.508 e. The average molecular weight is 526 g/mol. The molecule has 4 aromatic rings. The van der Waals surface area contributed by atoms with Crippen LogP contribution in [0.15, 0.2) is 48.9 Å². The van der Waals surface area contributed by atoms with Gasteiger partial charge in [0.05, 0.1) is 30.8 Å². The maximum absolute atomic E-state index is 10.5. The van der Waals surface area contributed by atoms with Crippen molar-refractivity contribution in [1.29, 1.82) is 0 Å². The molecule has 9 nitrogen and oxygen atoms in total. The van der Waals surface area contributed by atoms with Crippen molar-refractivity contribution in [3.8, 4) is 11.8 Å². The van der Waals surface area contributed by atoms with E-state index in [2.05, 4.69) is 50.4 Å². The zero-order valence-corrected chi connectivity index (χ0v) is 22.6. The number of phenols is 1. The second-order valence-corrected chi connectivity index (χ2v) is 11.2. The number of aromatic hydroxyl groups is 1. The highest BCUT2D eigenvalue weighted by molar-refractivity contribution is 5.95. The summed E-state index contributed by atoms with van der Waals surface area (Å²) < 4.78 is 8.54. The normalized spacial score (nSPS) is 21.3. The zero-order valence-electron chi connectivity index (χ0n) is 22.6. The summed E-state index contributed by atoms with van der Waals surface area (Å²) in [6.07, 6.45) is 7.03. The van der Waals surface area contributed by atoms with Gasteiger partial charge in [-0.25, -0.2) is 4.98 Å². The fraction of sp³-hybridized carbons (Fsp3) is 0.433. The van der Waals surface area contributed by atoms with Crippen LogP contribution in [-0.4, -0.2) is 68.4 Å². The van der Waals surface area contributed by atoms with Gasteiger partial charge in [-0.3, -0.25) is 0 Å². The van der Waals surface area contributed by atoms with Crippen molar-refractivity contribution in [2.75, 3.05) is 36.5 Å². The number of rotatable bonds is 5. The minimum atomic E-state index is 0.271. The molecule has 9 heteroatoms. The first kappa shape index (κ1) is 24.2. The van der Waals surface area contributed by atoms with Gasteiger partial charge in [-0.05, 0) is 51.2 Å². The number of imidazole rings is 1. The van der Waals surface area contributed by atoms with Crippen LogP contribution in [0, 0.1) is 0 Å². The number of aromatic nitrogens is 4. The second-order valence-electron chi connectivity index (χ2n) is 11.2. The molecular weight excluding hydrogens is 490 g/mol. The van der Waals surface area contributed by atoms with E-state index in [0.717, 1.165) is 67.0 Å². The average Bonchev–Trinajstić information content (AvgIpc) is 3.58. The predicted molar refractivity (Wildman–Crippen MR) is 151 cm³/mol. The molecular formula is C30H35N7O2. The number of hydrogen-bond donors (Lipinski definition) is 1. The lowest BCUT2D eigenvalue weighted by Gasteiger charge is -2.38. The van der Waals surface area contributed by atoms with Crippen LogP contribution >= 0.6 is 0 Å². The molecule has 1 N–H and O–H groups in total. The number of phenolic OH excluding ortho intramolecular Hbond substituents is 1. The molecule has 1 fully saturated rings. The number of hydrogen-bond acceptors (Lipinski definition) is 8. The molecule has 2 aromatic carbocycles. The van der Waals surface area contributed by atoms with Gasteiger partial charge in [-0.2, -0.15) is 9.97 Å². The van der Waals surface area contributed by atoms with E-state index in [4.69, 9.17) is 14.7 Å². The Morgan fingerprint density at radius 2 is 2.00 bits per heavy atom. The molecule has 0 amide bonds.